The molecule has 0 aliphatic rings. The van der Waals surface area contributed by atoms with E-state index in [-0.39, 0.29) is 5.12 Å². The van der Waals surface area contributed by atoms with E-state index in [2.05, 4.69) is 0 Å². The molecule has 1 nitrogen and oxygen atoms in total. The number of hydrogen-bond acceptors (Lipinski definition) is 2. The normalized spacial score (nSPS) is 12.4. The number of thioether (sulfide) groups is 1. The highest BCUT2D eigenvalue weighted by atomic mass is 32.2. The Hall–Kier alpha value is -0.830. The minimum atomic E-state index is -0.763. The molecule has 0 saturated heterocycles. The van der Waals surface area contributed by atoms with Crippen LogP contribution in [0.4, 0.5) is 4.39 Å². The highest BCUT2D eigenvalue weighted by molar-refractivity contribution is 8.14. The molecule has 1 aromatic carbocycles. The highest BCUT2D eigenvalue weighted by Crippen LogP contribution is 2.16. The first-order chi connectivity index (χ1) is 7.74. The van der Waals surface area contributed by atoms with Crippen molar-refractivity contribution < 1.29 is 9.18 Å². The number of rotatable bonds is 6. The molecule has 0 aliphatic carbocycles. The quantitative estimate of drug-likeness (QED) is 0.745. The summed E-state index contributed by atoms with van der Waals surface area (Å²) in [6.45, 7) is 1.97. The van der Waals surface area contributed by atoms with E-state index in [0.29, 0.717) is 24.2 Å². The molecule has 0 fully saturated rings. The maximum Gasteiger partial charge on any atom is 0.219 e. The highest BCUT2D eigenvalue weighted by Gasteiger charge is 2.09. The van der Waals surface area contributed by atoms with Gasteiger partial charge >= 0.3 is 0 Å². The average molecular weight is 240 g/mol. The molecule has 0 aliphatic heterocycles. The topological polar surface area (TPSA) is 17.1 Å². The van der Waals surface area contributed by atoms with Crippen LogP contribution in [-0.2, 0) is 0 Å². The predicted molar refractivity (Wildman–Crippen MR) is 67.7 cm³/mol. The van der Waals surface area contributed by atoms with E-state index in [9.17, 15) is 9.18 Å². The van der Waals surface area contributed by atoms with Crippen LogP contribution >= 0.6 is 11.8 Å². The number of alkyl halides is 1. The third-order valence-electron chi connectivity index (χ3n) is 2.28. The molecule has 1 aromatic rings. The smallest absolute Gasteiger partial charge is 0.219 e. The van der Waals surface area contributed by atoms with E-state index >= 15 is 0 Å². The summed E-state index contributed by atoms with van der Waals surface area (Å²) in [5, 5.41) is 0.0318. The first-order valence-electron chi connectivity index (χ1n) is 5.60. The van der Waals surface area contributed by atoms with Crippen molar-refractivity contribution in [1.29, 1.82) is 0 Å². The summed E-state index contributed by atoms with van der Waals surface area (Å²) in [6.07, 6.45) is 1.16. The maximum absolute atomic E-state index is 13.1. The van der Waals surface area contributed by atoms with Crippen LogP contribution in [0.3, 0.4) is 0 Å². The van der Waals surface area contributed by atoms with Crippen molar-refractivity contribution in [3.8, 4) is 0 Å². The van der Waals surface area contributed by atoms with Crippen LogP contribution in [0, 0.1) is 0 Å². The lowest BCUT2D eigenvalue weighted by Crippen LogP contribution is -2.03. The largest absolute Gasteiger partial charge is 0.282 e. The minimum Gasteiger partial charge on any atom is -0.282 e. The van der Waals surface area contributed by atoms with Gasteiger partial charge in [-0.25, -0.2) is 4.39 Å². The maximum atomic E-state index is 13.1. The van der Waals surface area contributed by atoms with Crippen molar-refractivity contribution in [2.75, 3.05) is 5.75 Å². The third kappa shape index (κ3) is 4.79. The molecule has 0 spiro atoms. The van der Waals surface area contributed by atoms with Crippen molar-refractivity contribution in [3.05, 3.63) is 35.9 Å². The van der Waals surface area contributed by atoms with Gasteiger partial charge in [0.25, 0.3) is 0 Å². The molecule has 1 rings (SSSR count). The van der Waals surface area contributed by atoms with Gasteiger partial charge in [-0.05, 0) is 12.8 Å². The summed E-state index contributed by atoms with van der Waals surface area (Å²) in [5.41, 5.74) is 0.693. The summed E-state index contributed by atoms with van der Waals surface area (Å²) in [6, 6.07) is 9.12. The number of carbonyl (C=O) groups excluding carboxylic acids is 1. The molecule has 16 heavy (non-hydrogen) atoms. The van der Waals surface area contributed by atoms with Crippen LogP contribution in [0.5, 0.6) is 0 Å². The minimum absolute atomic E-state index is 0.0318. The van der Waals surface area contributed by atoms with E-state index in [1.54, 1.807) is 12.1 Å². The molecule has 0 radical (unpaired) electrons. The second kappa shape index (κ2) is 7.44. The molecular formula is C13H17FOS. The molecular weight excluding hydrogens is 223 g/mol. The van der Waals surface area contributed by atoms with Crippen molar-refractivity contribution in [3.63, 3.8) is 0 Å². The monoisotopic (exact) mass is 240 g/mol. The van der Waals surface area contributed by atoms with Gasteiger partial charge in [0, 0.05) is 11.3 Å². The molecule has 0 heterocycles. The van der Waals surface area contributed by atoms with Crippen LogP contribution in [0.2, 0.25) is 0 Å². The molecule has 88 valence electrons. The first-order valence-corrected chi connectivity index (χ1v) is 6.59. The Morgan fingerprint density at radius 3 is 2.62 bits per heavy atom. The van der Waals surface area contributed by atoms with Gasteiger partial charge in [0.05, 0.1) is 0 Å². The lowest BCUT2D eigenvalue weighted by atomic mass is 10.2. The predicted octanol–water partition coefficient (Wildman–Crippen LogP) is 4.09. The summed E-state index contributed by atoms with van der Waals surface area (Å²) >= 11 is 1.20. The summed E-state index contributed by atoms with van der Waals surface area (Å²) < 4.78 is 13.1. The zero-order valence-corrected chi connectivity index (χ0v) is 10.3. The van der Waals surface area contributed by atoms with Gasteiger partial charge in [-0.1, -0.05) is 55.4 Å². The van der Waals surface area contributed by atoms with Gasteiger partial charge in [0.15, 0.2) is 0 Å². The first kappa shape index (κ1) is 13.2. The van der Waals surface area contributed by atoms with E-state index < -0.39 is 6.17 Å². The molecule has 0 aromatic heterocycles. The third-order valence-corrected chi connectivity index (χ3v) is 3.21. The Kier molecular flexibility index (Phi) is 6.16. The van der Waals surface area contributed by atoms with Crippen LogP contribution in [0.15, 0.2) is 30.3 Å². The van der Waals surface area contributed by atoms with E-state index in [0.717, 1.165) is 6.42 Å². The lowest BCUT2D eigenvalue weighted by molar-refractivity contribution is 0.108. The van der Waals surface area contributed by atoms with Gasteiger partial charge in [-0.2, -0.15) is 0 Å². The standard InChI is InChI=1S/C13H17FOS/c1-2-6-12(14)9-10-16-13(15)11-7-4-3-5-8-11/h3-5,7-8,12H,2,6,9-10H2,1H3. The molecule has 0 bridgehead atoms. The Bertz CT molecular complexity index is 313. The molecule has 0 N–H and O–H groups in total. The number of hydrogen-bond donors (Lipinski definition) is 0. The van der Waals surface area contributed by atoms with Gasteiger partial charge in [0.1, 0.15) is 6.17 Å². The second-order valence-corrected chi connectivity index (χ2v) is 4.74. The molecule has 1 unspecified atom stereocenters. The lowest BCUT2D eigenvalue weighted by Gasteiger charge is -2.05. The Morgan fingerprint density at radius 1 is 1.31 bits per heavy atom. The Morgan fingerprint density at radius 2 is 2.00 bits per heavy atom. The average Bonchev–Trinajstić information content (AvgIpc) is 2.30. The summed E-state index contributed by atoms with van der Waals surface area (Å²) in [5.74, 6) is 0.564. The van der Waals surface area contributed by atoms with Crippen molar-refractivity contribution in [1.82, 2.24) is 0 Å². The van der Waals surface area contributed by atoms with Crippen LogP contribution < -0.4 is 0 Å². The van der Waals surface area contributed by atoms with E-state index in [4.69, 9.17) is 0 Å². The fourth-order valence-electron chi connectivity index (χ4n) is 1.39. The van der Waals surface area contributed by atoms with Gasteiger partial charge in [0.2, 0.25) is 5.12 Å². The van der Waals surface area contributed by atoms with Crippen LogP contribution in [-0.4, -0.2) is 17.0 Å². The van der Waals surface area contributed by atoms with Gasteiger partial charge in [-0.3, -0.25) is 4.79 Å². The van der Waals surface area contributed by atoms with E-state index in [1.807, 2.05) is 25.1 Å². The molecule has 3 heteroatoms. The summed E-state index contributed by atoms with van der Waals surface area (Å²) in [4.78, 5) is 11.6. The molecule has 0 saturated carbocycles. The number of carbonyl (C=O) groups is 1. The van der Waals surface area contributed by atoms with Crippen molar-refractivity contribution in [2.24, 2.45) is 0 Å². The molecule has 1 atom stereocenters. The van der Waals surface area contributed by atoms with Crippen molar-refractivity contribution in [2.45, 2.75) is 32.4 Å². The van der Waals surface area contributed by atoms with E-state index in [1.165, 1.54) is 11.8 Å². The fourth-order valence-corrected chi connectivity index (χ4v) is 2.26. The van der Waals surface area contributed by atoms with Crippen LogP contribution in [0.25, 0.3) is 0 Å². The second-order valence-electron chi connectivity index (χ2n) is 3.68. The van der Waals surface area contributed by atoms with Gasteiger partial charge in [-0.15, -0.1) is 0 Å². The number of benzene rings is 1. The Labute approximate surface area is 100 Å². The molecule has 0 amide bonds. The zero-order chi connectivity index (χ0) is 11.8. The Balaban J connectivity index is 2.26. The fraction of sp³-hybridized carbons (Fsp3) is 0.462. The van der Waals surface area contributed by atoms with Gasteiger partial charge < -0.3 is 0 Å². The zero-order valence-electron chi connectivity index (χ0n) is 9.49. The summed E-state index contributed by atoms with van der Waals surface area (Å²) in [7, 11) is 0. The van der Waals surface area contributed by atoms with Crippen LogP contribution in [0.1, 0.15) is 36.5 Å². The number of halogens is 1. The SMILES string of the molecule is CCCC(F)CCSC(=O)c1ccccc1. The van der Waals surface area contributed by atoms with Crippen molar-refractivity contribution >= 4 is 16.9 Å².